The van der Waals surface area contributed by atoms with Crippen molar-refractivity contribution < 1.29 is 9.18 Å². The molecule has 0 spiro atoms. The van der Waals surface area contributed by atoms with Gasteiger partial charge in [0.05, 0.1) is 5.41 Å². The van der Waals surface area contributed by atoms with Crippen molar-refractivity contribution >= 4 is 23.3 Å². The van der Waals surface area contributed by atoms with Crippen LogP contribution in [0, 0.1) is 5.82 Å². The highest BCUT2D eigenvalue weighted by molar-refractivity contribution is 6.31. The maximum absolute atomic E-state index is 13.4. The Balaban J connectivity index is 1.76. The third kappa shape index (κ3) is 2.62. The van der Waals surface area contributed by atoms with E-state index in [-0.39, 0.29) is 22.7 Å². The molecule has 7 heteroatoms. The molecule has 1 aromatic heterocycles. The highest BCUT2D eigenvalue weighted by Gasteiger charge is 2.45. The van der Waals surface area contributed by atoms with Gasteiger partial charge in [-0.2, -0.15) is 0 Å². The maximum Gasteiger partial charge on any atom is 0.248 e. The molecule has 0 atom stereocenters. The predicted octanol–water partition coefficient (Wildman–Crippen LogP) is 2.83. The number of carbonyl (C=O) groups is 1. The van der Waals surface area contributed by atoms with Gasteiger partial charge in [-0.05, 0) is 30.5 Å². The van der Waals surface area contributed by atoms with Crippen LogP contribution in [0.4, 0.5) is 10.2 Å². The summed E-state index contributed by atoms with van der Waals surface area (Å²) in [6.45, 7) is 0. The maximum atomic E-state index is 13.4. The minimum absolute atomic E-state index is 0.163. The summed E-state index contributed by atoms with van der Waals surface area (Å²) < 4.78 is 13.4. The third-order valence-electron chi connectivity index (χ3n) is 3.97. The fraction of sp³-hybridized carbons (Fsp3) is 0.267. The van der Waals surface area contributed by atoms with Crippen molar-refractivity contribution in [1.29, 1.82) is 0 Å². The molecule has 0 aliphatic heterocycles. The largest absolute Gasteiger partial charge is 0.279 e. The Morgan fingerprint density at radius 2 is 2.05 bits per heavy atom. The van der Waals surface area contributed by atoms with Gasteiger partial charge >= 0.3 is 0 Å². The van der Waals surface area contributed by atoms with Crippen LogP contribution < -0.4 is 10.9 Å². The molecule has 1 aliphatic carbocycles. The monoisotopic (exact) mass is 320 g/mol. The Hall–Kier alpha value is -2.21. The number of halogens is 2. The second-order valence-electron chi connectivity index (χ2n) is 5.22. The average molecular weight is 321 g/mol. The molecule has 2 aromatic rings. The minimum atomic E-state index is -0.705. The summed E-state index contributed by atoms with van der Waals surface area (Å²) in [7, 11) is 0. The number of hydrogen-bond donors (Lipinski definition) is 2. The highest BCUT2D eigenvalue weighted by Crippen LogP contribution is 2.44. The second kappa shape index (κ2) is 5.88. The first kappa shape index (κ1) is 14.7. The van der Waals surface area contributed by atoms with Crippen LogP contribution in [0.3, 0.4) is 0 Å². The first-order chi connectivity index (χ1) is 10.6. The molecule has 22 heavy (non-hydrogen) atoms. The van der Waals surface area contributed by atoms with Crippen LogP contribution in [0.15, 0.2) is 36.7 Å². The van der Waals surface area contributed by atoms with Gasteiger partial charge in [-0.15, -0.1) is 0 Å². The zero-order chi connectivity index (χ0) is 15.6. The van der Waals surface area contributed by atoms with Crippen molar-refractivity contribution in [2.45, 2.75) is 24.7 Å². The average Bonchev–Trinajstić information content (AvgIpc) is 2.45. The minimum Gasteiger partial charge on any atom is -0.279 e. The molecule has 114 valence electrons. The zero-order valence-corrected chi connectivity index (χ0v) is 12.4. The standard InChI is InChI=1S/C15H14ClFN4O/c16-12-13(19-8-7-18-12)20-21-14(22)15(5-2-6-15)10-3-1-4-11(17)9-10/h1,3-4,7-9H,2,5-6H2,(H,19,20)(H,21,22). The summed E-state index contributed by atoms with van der Waals surface area (Å²) >= 11 is 5.87. The molecule has 1 fully saturated rings. The van der Waals surface area contributed by atoms with E-state index in [0.29, 0.717) is 18.4 Å². The van der Waals surface area contributed by atoms with Crippen molar-refractivity contribution in [2.75, 3.05) is 5.43 Å². The number of amides is 1. The molecule has 1 saturated carbocycles. The van der Waals surface area contributed by atoms with Gasteiger partial charge in [0.25, 0.3) is 0 Å². The number of nitrogens with zero attached hydrogens (tertiary/aromatic N) is 2. The number of hydrogen-bond acceptors (Lipinski definition) is 4. The molecule has 1 aromatic carbocycles. The van der Waals surface area contributed by atoms with E-state index in [4.69, 9.17) is 11.6 Å². The van der Waals surface area contributed by atoms with Crippen LogP contribution in [-0.4, -0.2) is 15.9 Å². The summed E-state index contributed by atoms with van der Waals surface area (Å²) in [5.74, 6) is -0.307. The molecular weight excluding hydrogens is 307 g/mol. The van der Waals surface area contributed by atoms with Gasteiger partial charge in [0.15, 0.2) is 11.0 Å². The van der Waals surface area contributed by atoms with Crippen molar-refractivity contribution in [3.63, 3.8) is 0 Å². The Morgan fingerprint density at radius 3 is 2.68 bits per heavy atom. The van der Waals surface area contributed by atoms with E-state index in [0.717, 1.165) is 6.42 Å². The Morgan fingerprint density at radius 1 is 1.27 bits per heavy atom. The molecule has 5 nitrogen and oxygen atoms in total. The lowest BCUT2D eigenvalue weighted by atomic mass is 9.64. The molecule has 0 unspecified atom stereocenters. The van der Waals surface area contributed by atoms with Gasteiger partial charge in [0.2, 0.25) is 5.91 Å². The van der Waals surface area contributed by atoms with Gasteiger partial charge < -0.3 is 0 Å². The Bertz CT molecular complexity index is 705. The van der Waals surface area contributed by atoms with E-state index in [1.807, 2.05) is 0 Å². The lowest BCUT2D eigenvalue weighted by Crippen LogP contribution is -2.51. The Labute approximate surface area is 131 Å². The van der Waals surface area contributed by atoms with Crippen LogP contribution in [0.2, 0.25) is 5.15 Å². The number of carbonyl (C=O) groups excluding carboxylic acids is 1. The van der Waals surface area contributed by atoms with Gasteiger partial charge in [-0.25, -0.2) is 14.4 Å². The van der Waals surface area contributed by atoms with E-state index in [2.05, 4.69) is 20.8 Å². The number of nitrogens with one attached hydrogen (secondary N) is 2. The van der Waals surface area contributed by atoms with Gasteiger partial charge in [0, 0.05) is 12.4 Å². The number of anilines is 1. The van der Waals surface area contributed by atoms with Gasteiger partial charge in [0.1, 0.15) is 5.82 Å². The summed E-state index contributed by atoms with van der Waals surface area (Å²) in [6, 6.07) is 6.17. The van der Waals surface area contributed by atoms with Crippen LogP contribution in [0.1, 0.15) is 24.8 Å². The van der Waals surface area contributed by atoms with Crippen LogP contribution >= 0.6 is 11.6 Å². The molecule has 3 rings (SSSR count). The lowest BCUT2D eigenvalue weighted by Gasteiger charge is -2.40. The van der Waals surface area contributed by atoms with Crippen molar-refractivity contribution in [2.24, 2.45) is 0 Å². The zero-order valence-electron chi connectivity index (χ0n) is 11.6. The fourth-order valence-electron chi connectivity index (χ4n) is 2.60. The van der Waals surface area contributed by atoms with Gasteiger partial charge in [-0.1, -0.05) is 30.2 Å². The van der Waals surface area contributed by atoms with E-state index in [1.54, 1.807) is 12.1 Å². The summed E-state index contributed by atoms with van der Waals surface area (Å²) in [5, 5.41) is 0.163. The van der Waals surface area contributed by atoms with Crippen molar-refractivity contribution in [3.05, 3.63) is 53.2 Å². The molecule has 2 N–H and O–H groups in total. The van der Waals surface area contributed by atoms with Crippen LogP contribution in [0.25, 0.3) is 0 Å². The van der Waals surface area contributed by atoms with E-state index in [9.17, 15) is 9.18 Å². The number of hydrazine groups is 1. The molecule has 0 saturated heterocycles. The third-order valence-corrected chi connectivity index (χ3v) is 4.24. The molecule has 1 heterocycles. The number of aromatic nitrogens is 2. The molecular formula is C15H14ClFN4O. The topological polar surface area (TPSA) is 66.9 Å². The Kier molecular flexibility index (Phi) is 3.94. The van der Waals surface area contributed by atoms with E-state index in [1.165, 1.54) is 24.5 Å². The van der Waals surface area contributed by atoms with Crippen molar-refractivity contribution in [1.82, 2.24) is 15.4 Å². The van der Waals surface area contributed by atoms with Gasteiger partial charge in [-0.3, -0.25) is 15.6 Å². The fourth-order valence-corrected chi connectivity index (χ4v) is 2.76. The first-order valence-corrected chi connectivity index (χ1v) is 7.29. The summed E-state index contributed by atoms with van der Waals surface area (Å²) in [6.07, 6.45) is 5.20. The summed E-state index contributed by atoms with van der Waals surface area (Å²) in [5.41, 5.74) is 5.25. The number of benzene rings is 1. The molecule has 0 bridgehead atoms. The second-order valence-corrected chi connectivity index (χ2v) is 5.58. The normalized spacial score (nSPS) is 15.7. The van der Waals surface area contributed by atoms with Crippen molar-refractivity contribution in [3.8, 4) is 0 Å². The highest BCUT2D eigenvalue weighted by atomic mass is 35.5. The molecule has 0 radical (unpaired) electrons. The summed E-state index contributed by atoms with van der Waals surface area (Å²) in [4.78, 5) is 20.4. The quantitative estimate of drug-likeness (QED) is 0.850. The molecule has 1 amide bonds. The molecule has 1 aliphatic rings. The van der Waals surface area contributed by atoms with Crippen LogP contribution in [-0.2, 0) is 10.2 Å². The first-order valence-electron chi connectivity index (χ1n) is 6.91. The predicted molar refractivity (Wildman–Crippen MR) is 80.7 cm³/mol. The van der Waals surface area contributed by atoms with E-state index < -0.39 is 5.41 Å². The smallest absolute Gasteiger partial charge is 0.248 e. The number of rotatable bonds is 4. The van der Waals surface area contributed by atoms with Crippen LogP contribution in [0.5, 0.6) is 0 Å². The van der Waals surface area contributed by atoms with E-state index >= 15 is 0 Å². The SMILES string of the molecule is O=C(NNc1nccnc1Cl)C1(c2cccc(F)c2)CCC1. The lowest BCUT2D eigenvalue weighted by molar-refractivity contribution is -0.129.